The van der Waals surface area contributed by atoms with E-state index in [0.29, 0.717) is 23.3 Å². The molecule has 1 fully saturated rings. The van der Waals surface area contributed by atoms with Gasteiger partial charge in [0.05, 0.1) is 17.2 Å². The quantitative estimate of drug-likeness (QED) is 0.641. The van der Waals surface area contributed by atoms with Crippen molar-refractivity contribution < 1.29 is 4.79 Å². The molecule has 3 aromatic rings. The number of anilines is 1. The number of amides is 1. The van der Waals surface area contributed by atoms with Crippen LogP contribution in [0.3, 0.4) is 0 Å². The van der Waals surface area contributed by atoms with Crippen LogP contribution in [0.5, 0.6) is 0 Å². The second-order valence-corrected chi connectivity index (χ2v) is 8.08. The van der Waals surface area contributed by atoms with E-state index in [4.69, 9.17) is 0 Å². The van der Waals surface area contributed by atoms with Crippen LogP contribution in [-0.2, 0) is 11.3 Å². The molecule has 1 saturated carbocycles. The van der Waals surface area contributed by atoms with Crippen LogP contribution in [0, 0.1) is 5.92 Å². The maximum Gasteiger partial charge on any atom is 0.261 e. The summed E-state index contributed by atoms with van der Waals surface area (Å²) in [5.74, 6) is 0.737. The first-order valence-electron chi connectivity index (χ1n) is 10.9. The molecule has 156 valence electrons. The number of hydrogen-bond acceptors (Lipinski definition) is 4. The molecule has 0 radical (unpaired) electrons. The fourth-order valence-corrected chi connectivity index (χ4v) is 4.06. The Morgan fingerprint density at radius 1 is 1.10 bits per heavy atom. The smallest absolute Gasteiger partial charge is 0.261 e. The summed E-state index contributed by atoms with van der Waals surface area (Å²) in [6.45, 7) is 2.78. The lowest BCUT2D eigenvalue weighted by atomic mass is 9.89. The Labute approximate surface area is 176 Å². The van der Waals surface area contributed by atoms with Gasteiger partial charge >= 0.3 is 0 Å². The largest absolute Gasteiger partial charge is 0.310 e. The molecule has 1 aromatic carbocycles. The topological polar surface area (TPSA) is 76.9 Å². The van der Waals surface area contributed by atoms with Gasteiger partial charge in [-0.25, -0.2) is 9.97 Å². The lowest BCUT2D eigenvalue weighted by Crippen LogP contribution is -2.25. The first-order valence-corrected chi connectivity index (χ1v) is 10.9. The standard InChI is InChI=1S/C24H28N4O2/c1-2-3-13-28-16-26-21-11-9-18(14-20(21)24(28)30)19-10-12-22(25-15-19)27-23(29)17-7-5-4-6-8-17/h9-12,14-17H,2-8,13H2,1H3,(H,25,27,29). The van der Waals surface area contributed by atoms with E-state index >= 15 is 0 Å². The minimum atomic E-state index is -0.0142. The highest BCUT2D eigenvalue weighted by molar-refractivity contribution is 5.92. The normalized spacial score (nSPS) is 14.7. The van der Waals surface area contributed by atoms with Crippen molar-refractivity contribution in [3.63, 3.8) is 0 Å². The lowest BCUT2D eigenvalue weighted by Gasteiger charge is -2.20. The van der Waals surface area contributed by atoms with Gasteiger partial charge in [-0.1, -0.05) is 38.7 Å². The number of pyridine rings is 1. The number of nitrogens with zero attached hydrogens (tertiary/aromatic N) is 3. The van der Waals surface area contributed by atoms with Crippen LogP contribution in [-0.4, -0.2) is 20.4 Å². The highest BCUT2D eigenvalue weighted by Gasteiger charge is 2.21. The average molecular weight is 405 g/mol. The predicted molar refractivity (Wildman–Crippen MR) is 119 cm³/mol. The second-order valence-electron chi connectivity index (χ2n) is 8.08. The third-order valence-corrected chi connectivity index (χ3v) is 5.90. The highest BCUT2D eigenvalue weighted by atomic mass is 16.2. The number of nitrogens with one attached hydrogen (secondary N) is 1. The molecule has 6 heteroatoms. The summed E-state index contributed by atoms with van der Waals surface area (Å²) in [6.07, 6.45) is 10.7. The summed E-state index contributed by atoms with van der Waals surface area (Å²) in [5, 5.41) is 3.55. The number of carbonyl (C=O) groups excluding carboxylic acids is 1. The zero-order valence-corrected chi connectivity index (χ0v) is 17.4. The number of benzene rings is 1. The second kappa shape index (κ2) is 9.20. The van der Waals surface area contributed by atoms with Crippen LogP contribution in [0.4, 0.5) is 5.82 Å². The van der Waals surface area contributed by atoms with Gasteiger partial charge in [0, 0.05) is 24.2 Å². The van der Waals surface area contributed by atoms with E-state index < -0.39 is 0 Å². The van der Waals surface area contributed by atoms with Gasteiger partial charge in [0.2, 0.25) is 5.91 Å². The van der Waals surface area contributed by atoms with Crippen molar-refractivity contribution in [1.29, 1.82) is 0 Å². The van der Waals surface area contributed by atoms with Crippen LogP contribution in [0.2, 0.25) is 0 Å². The molecule has 0 unspecified atom stereocenters. The number of aromatic nitrogens is 3. The van der Waals surface area contributed by atoms with E-state index in [1.54, 1.807) is 17.1 Å². The Morgan fingerprint density at radius 2 is 1.90 bits per heavy atom. The Balaban J connectivity index is 1.54. The maximum atomic E-state index is 12.8. The molecular weight excluding hydrogens is 376 g/mol. The number of rotatable bonds is 6. The van der Waals surface area contributed by atoms with E-state index in [2.05, 4.69) is 22.2 Å². The van der Waals surface area contributed by atoms with Crippen molar-refractivity contribution in [1.82, 2.24) is 14.5 Å². The molecule has 1 N–H and O–H groups in total. The lowest BCUT2D eigenvalue weighted by molar-refractivity contribution is -0.120. The van der Waals surface area contributed by atoms with Crippen LogP contribution >= 0.6 is 0 Å². The van der Waals surface area contributed by atoms with Gasteiger partial charge in [-0.05, 0) is 49.1 Å². The van der Waals surface area contributed by atoms with Crippen molar-refractivity contribution in [3.05, 3.63) is 53.2 Å². The monoisotopic (exact) mass is 404 g/mol. The number of fused-ring (bicyclic) bond motifs is 1. The molecule has 30 heavy (non-hydrogen) atoms. The Morgan fingerprint density at radius 3 is 2.63 bits per heavy atom. The molecule has 0 atom stereocenters. The fourth-order valence-electron chi connectivity index (χ4n) is 4.06. The number of hydrogen-bond donors (Lipinski definition) is 1. The molecule has 0 spiro atoms. The van der Waals surface area contributed by atoms with E-state index in [9.17, 15) is 9.59 Å². The average Bonchev–Trinajstić information content (AvgIpc) is 2.79. The van der Waals surface area contributed by atoms with E-state index in [-0.39, 0.29) is 17.4 Å². The van der Waals surface area contributed by atoms with Crippen LogP contribution in [0.15, 0.2) is 47.7 Å². The third kappa shape index (κ3) is 4.42. The van der Waals surface area contributed by atoms with Crippen molar-refractivity contribution in [3.8, 4) is 11.1 Å². The van der Waals surface area contributed by atoms with Gasteiger partial charge in [-0.2, -0.15) is 0 Å². The van der Waals surface area contributed by atoms with Gasteiger partial charge in [0.1, 0.15) is 5.82 Å². The zero-order chi connectivity index (χ0) is 20.9. The Kier molecular flexibility index (Phi) is 6.21. The summed E-state index contributed by atoms with van der Waals surface area (Å²) in [4.78, 5) is 34.1. The minimum Gasteiger partial charge on any atom is -0.310 e. The predicted octanol–water partition coefficient (Wildman–Crippen LogP) is 4.78. The minimum absolute atomic E-state index is 0.0142. The van der Waals surface area contributed by atoms with Gasteiger partial charge in [-0.15, -0.1) is 0 Å². The van der Waals surface area contributed by atoms with Crippen molar-refractivity contribution in [2.45, 2.75) is 58.4 Å². The molecule has 1 amide bonds. The van der Waals surface area contributed by atoms with E-state index in [0.717, 1.165) is 49.7 Å². The first kappa shape index (κ1) is 20.3. The van der Waals surface area contributed by atoms with Gasteiger partial charge in [0.25, 0.3) is 5.56 Å². The molecule has 0 bridgehead atoms. The number of aryl methyl sites for hydroxylation is 1. The molecule has 2 heterocycles. The summed E-state index contributed by atoms with van der Waals surface area (Å²) in [5.41, 5.74) is 2.49. The highest BCUT2D eigenvalue weighted by Crippen LogP contribution is 2.26. The molecule has 0 aliphatic heterocycles. The van der Waals surface area contributed by atoms with Crippen molar-refractivity contribution in [2.75, 3.05) is 5.32 Å². The van der Waals surface area contributed by atoms with Gasteiger partial charge in [0.15, 0.2) is 0 Å². The summed E-state index contributed by atoms with van der Waals surface area (Å²) >= 11 is 0. The molecular formula is C24H28N4O2. The van der Waals surface area contributed by atoms with Gasteiger partial charge < -0.3 is 5.32 Å². The zero-order valence-electron chi connectivity index (χ0n) is 17.4. The van der Waals surface area contributed by atoms with E-state index in [1.165, 1.54) is 6.42 Å². The van der Waals surface area contributed by atoms with Crippen LogP contribution in [0.25, 0.3) is 22.0 Å². The van der Waals surface area contributed by atoms with Gasteiger partial charge in [-0.3, -0.25) is 14.2 Å². The molecule has 6 nitrogen and oxygen atoms in total. The summed E-state index contributed by atoms with van der Waals surface area (Å²) < 4.78 is 1.68. The summed E-state index contributed by atoms with van der Waals surface area (Å²) in [6, 6.07) is 9.45. The molecule has 1 aliphatic carbocycles. The number of carbonyl (C=O) groups is 1. The van der Waals surface area contributed by atoms with Crippen molar-refractivity contribution in [2.24, 2.45) is 5.92 Å². The number of unbranched alkanes of at least 4 members (excludes halogenated alkanes) is 1. The Bertz CT molecular complexity index is 1080. The van der Waals surface area contributed by atoms with E-state index in [1.807, 2.05) is 30.3 Å². The first-order chi connectivity index (χ1) is 14.7. The van der Waals surface area contributed by atoms with Crippen LogP contribution in [0.1, 0.15) is 51.9 Å². The molecule has 0 saturated heterocycles. The third-order valence-electron chi connectivity index (χ3n) is 5.90. The molecule has 1 aliphatic rings. The van der Waals surface area contributed by atoms with Crippen molar-refractivity contribution >= 4 is 22.6 Å². The van der Waals surface area contributed by atoms with Crippen LogP contribution < -0.4 is 10.9 Å². The Hall–Kier alpha value is -3.02. The SMILES string of the molecule is CCCCn1cnc2ccc(-c3ccc(NC(=O)C4CCCCC4)nc3)cc2c1=O. The summed E-state index contributed by atoms with van der Waals surface area (Å²) in [7, 11) is 0. The molecule has 4 rings (SSSR count). The molecule has 2 aromatic heterocycles. The fraction of sp³-hybridized carbons (Fsp3) is 0.417. The maximum absolute atomic E-state index is 12.8.